The number of carbonyl (C=O) groups is 1. The normalized spacial score (nSPS) is 19.9. The van der Waals surface area contributed by atoms with Gasteiger partial charge in [-0.05, 0) is 43.6 Å². The average molecular weight is 374 g/mol. The molecule has 3 heterocycles. The maximum absolute atomic E-state index is 13.2. The quantitative estimate of drug-likeness (QED) is 0.689. The largest absolute Gasteiger partial charge is 0.337 e. The van der Waals surface area contributed by atoms with Gasteiger partial charge in [0.15, 0.2) is 0 Å². The topological polar surface area (TPSA) is 51.0 Å². The zero-order valence-electron chi connectivity index (χ0n) is 16.3. The maximum atomic E-state index is 13.2. The zero-order valence-corrected chi connectivity index (χ0v) is 16.3. The summed E-state index contributed by atoms with van der Waals surface area (Å²) in [5.41, 5.74) is 1.81. The van der Waals surface area contributed by atoms with E-state index < -0.39 is 0 Å². The zero-order chi connectivity index (χ0) is 19.1. The van der Waals surface area contributed by atoms with Gasteiger partial charge in [0.1, 0.15) is 11.5 Å². The lowest BCUT2D eigenvalue weighted by atomic mass is 9.84. The van der Waals surface area contributed by atoms with E-state index in [9.17, 15) is 4.79 Å². The van der Waals surface area contributed by atoms with Crippen molar-refractivity contribution < 1.29 is 4.79 Å². The third-order valence-corrected chi connectivity index (χ3v) is 6.45. The third kappa shape index (κ3) is 2.99. The fraction of sp³-hybridized carbons (Fsp3) is 0.435. The summed E-state index contributed by atoms with van der Waals surface area (Å²) in [7, 11) is 0. The molecule has 2 aliphatic rings. The minimum absolute atomic E-state index is 0.0564. The number of nitrogens with zero attached hydrogens (tertiary/aromatic N) is 4. The molecule has 0 radical (unpaired) electrons. The number of aromatic nitrogens is 3. The van der Waals surface area contributed by atoms with Gasteiger partial charge in [0.05, 0.1) is 0 Å². The molecule has 5 nitrogen and oxygen atoms in total. The maximum Gasteiger partial charge on any atom is 0.273 e. The van der Waals surface area contributed by atoms with E-state index in [0.717, 1.165) is 36.8 Å². The highest BCUT2D eigenvalue weighted by molar-refractivity contribution is 6.05. The summed E-state index contributed by atoms with van der Waals surface area (Å²) in [6.07, 6.45) is 8.63. The van der Waals surface area contributed by atoms with Gasteiger partial charge >= 0.3 is 0 Å². The minimum atomic E-state index is 0.0564. The molecule has 1 aliphatic carbocycles. The van der Waals surface area contributed by atoms with E-state index in [-0.39, 0.29) is 5.91 Å². The Kier molecular flexibility index (Phi) is 4.38. The highest BCUT2D eigenvalue weighted by Gasteiger charge is 2.31. The van der Waals surface area contributed by atoms with Gasteiger partial charge < -0.3 is 9.47 Å². The molecule has 1 saturated heterocycles. The van der Waals surface area contributed by atoms with Gasteiger partial charge in [-0.15, -0.1) is 0 Å². The second kappa shape index (κ2) is 7.04. The smallest absolute Gasteiger partial charge is 0.273 e. The first-order chi connectivity index (χ1) is 13.7. The van der Waals surface area contributed by atoms with Gasteiger partial charge in [-0.1, -0.05) is 30.7 Å². The first-order valence-electron chi connectivity index (χ1n) is 10.4. The SMILES string of the molecule is Cc1cnc(C2CCC2)n1CC1CCN(C(=O)c2nccc3ccccc23)C1. The Hall–Kier alpha value is -2.69. The Morgan fingerprint density at radius 3 is 2.82 bits per heavy atom. The van der Waals surface area contributed by atoms with Crippen LogP contribution in [0.15, 0.2) is 42.7 Å². The molecule has 1 unspecified atom stereocenters. The van der Waals surface area contributed by atoms with Gasteiger partial charge in [0.25, 0.3) is 5.91 Å². The number of aryl methyl sites for hydroxylation is 1. The molecule has 144 valence electrons. The summed E-state index contributed by atoms with van der Waals surface area (Å²) in [5.74, 6) is 2.42. The Balaban J connectivity index is 1.32. The summed E-state index contributed by atoms with van der Waals surface area (Å²) in [4.78, 5) is 24.2. The lowest BCUT2D eigenvalue weighted by Crippen LogP contribution is -2.30. The molecule has 0 spiro atoms. The fourth-order valence-corrected chi connectivity index (χ4v) is 4.57. The van der Waals surface area contributed by atoms with Crippen molar-refractivity contribution >= 4 is 16.7 Å². The van der Waals surface area contributed by atoms with E-state index in [4.69, 9.17) is 0 Å². The molecule has 1 amide bonds. The molecule has 1 atom stereocenters. The molecule has 5 rings (SSSR count). The molecular weight excluding hydrogens is 348 g/mol. The van der Waals surface area contributed by atoms with Crippen molar-refractivity contribution in [1.29, 1.82) is 0 Å². The van der Waals surface area contributed by atoms with Gasteiger partial charge in [-0.2, -0.15) is 0 Å². The van der Waals surface area contributed by atoms with Crippen LogP contribution < -0.4 is 0 Å². The van der Waals surface area contributed by atoms with E-state index in [0.29, 0.717) is 17.5 Å². The number of likely N-dealkylation sites (tertiary alicyclic amines) is 1. The number of pyridine rings is 1. The monoisotopic (exact) mass is 374 g/mol. The average Bonchev–Trinajstić information content (AvgIpc) is 3.28. The van der Waals surface area contributed by atoms with E-state index in [1.165, 1.54) is 30.8 Å². The lowest BCUT2D eigenvalue weighted by Gasteiger charge is -2.27. The molecule has 0 N–H and O–H groups in total. The molecule has 5 heteroatoms. The first kappa shape index (κ1) is 17.4. The predicted octanol–water partition coefficient (Wildman–Crippen LogP) is 4.17. The van der Waals surface area contributed by atoms with Crippen LogP contribution >= 0.6 is 0 Å². The molecule has 0 bridgehead atoms. The van der Waals surface area contributed by atoms with Crippen LogP contribution in [0.5, 0.6) is 0 Å². The van der Waals surface area contributed by atoms with Gasteiger partial charge in [-0.25, -0.2) is 4.98 Å². The van der Waals surface area contributed by atoms with Crippen molar-refractivity contribution in [3.63, 3.8) is 0 Å². The van der Waals surface area contributed by atoms with Crippen molar-refractivity contribution in [2.75, 3.05) is 13.1 Å². The van der Waals surface area contributed by atoms with Crippen molar-refractivity contribution in [3.8, 4) is 0 Å². The molecule has 1 aliphatic heterocycles. The second-order valence-corrected chi connectivity index (χ2v) is 8.28. The molecular formula is C23H26N4O. The van der Waals surface area contributed by atoms with Crippen molar-refractivity contribution in [2.45, 2.75) is 45.1 Å². The van der Waals surface area contributed by atoms with Crippen LogP contribution in [-0.2, 0) is 6.54 Å². The predicted molar refractivity (Wildman–Crippen MR) is 109 cm³/mol. The summed E-state index contributed by atoms with van der Waals surface area (Å²) in [5, 5.41) is 2.01. The number of fused-ring (bicyclic) bond motifs is 1. The van der Waals surface area contributed by atoms with Crippen molar-refractivity contribution in [2.24, 2.45) is 5.92 Å². The number of hydrogen-bond donors (Lipinski definition) is 0. The highest BCUT2D eigenvalue weighted by Crippen LogP contribution is 2.36. The molecule has 1 aromatic carbocycles. The standard InChI is InChI=1S/C23H26N4O/c1-16-13-25-22(19-6-4-7-19)27(16)15-17-10-12-26(14-17)23(28)21-20-8-3-2-5-18(20)9-11-24-21/h2-3,5,8-9,11,13,17,19H,4,6-7,10,12,14-15H2,1H3. The third-order valence-electron chi connectivity index (χ3n) is 6.45. The van der Waals surface area contributed by atoms with E-state index in [1.807, 2.05) is 41.4 Å². The second-order valence-electron chi connectivity index (χ2n) is 8.28. The summed E-state index contributed by atoms with van der Waals surface area (Å²) < 4.78 is 2.40. The van der Waals surface area contributed by atoms with Crippen LogP contribution in [0.4, 0.5) is 0 Å². The highest BCUT2D eigenvalue weighted by atomic mass is 16.2. The molecule has 2 aromatic heterocycles. The number of benzene rings is 1. The molecule has 28 heavy (non-hydrogen) atoms. The van der Waals surface area contributed by atoms with Crippen LogP contribution in [0.1, 0.15) is 53.6 Å². The van der Waals surface area contributed by atoms with Gasteiger partial charge in [0, 0.05) is 49.0 Å². The number of hydrogen-bond acceptors (Lipinski definition) is 3. The molecule has 1 saturated carbocycles. The summed E-state index contributed by atoms with van der Waals surface area (Å²) in [6.45, 7) is 4.71. The number of carbonyl (C=O) groups excluding carboxylic acids is 1. The number of rotatable bonds is 4. The Morgan fingerprint density at radius 2 is 2.00 bits per heavy atom. The Bertz CT molecular complexity index is 1020. The summed E-state index contributed by atoms with van der Waals surface area (Å²) in [6, 6.07) is 9.95. The lowest BCUT2D eigenvalue weighted by molar-refractivity contribution is 0.0782. The van der Waals surface area contributed by atoms with E-state index in [2.05, 4.69) is 21.5 Å². The number of amides is 1. The van der Waals surface area contributed by atoms with Crippen molar-refractivity contribution in [3.05, 3.63) is 59.9 Å². The summed E-state index contributed by atoms with van der Waals surface area (Å²) >= 11 is 0. The minimum Gasteiger partial charge on any atom is -0.337 e. The van der Waals surface area contributed by atoms with Crippen molar-refractivity contribution in [1.82, 2.24) is 19.4 Å². The molecule has 2 fully saturated rings. The van der Waals surface area contributed by atoms with E-state index in [1.54, 1.807) is 6.20 Å². The van der Waals surface area contributed by atoms with Gasteiger partial charge in [-0.3, -0.25) is 9.78 Å². The fourth-order valence-electron chi connectivity index (χ4n) is 4.57. The van der Waals surface area contributed by atoms with Crippen LogP contribution in [0.25, 0.3) is 10.8 Å². The van der Waals surface area contributed by atoms with Crippen LogP contribution in [0, 0.1) is 12.8 Å². The Morgan fingerprint density at radius 1 is 1.14 bits per heavy atom. The number of imidazole rings is 1. The first-order valence-corrected chi connectivity index (χ1v) is 10.4. The Labute approximate surface area is 165 Å². The van der Waals surface area contributed by atoms with Gasteiger partial charge in [0.2, 0.25) is 0 Å². The molecule has 3 aromatic rings. The van der Waals surface area contributed by atoms with Crippen LogP contribution in [0.3, 0.4) is 0 Å². The van der Waals surface area contributed by atoms with Crippen LogP contribution in [0.2, 0.25) is 0 Å². The van der Waals surface area contributed by atoms with Crippen LogP contribution in [-0.4, -0.2) is 38.4 Å². The van der Waals surface area contributed by atoms with E-state index >= 15 is 0 Å².